The van der Waals surface area contributed by atoms with Gasteiger partial charge in [-0.1, -0.05) is 49.2 Å². The number of allylic oxidation sites excluding steroid dienone is 1. The largest absolute Gasteiger partial charge is 0.338 e. The average Bonchev–Trinajstić information content (AvgIpc) is 2.50. The Morgan fingerprint density at radius 1 is 1.05 bits per heavy atom. The number of nitrogens with zero attached hydrogens (tertiary/aromatic N) is 1. The monoisotopic (exact) mass is 301 g/mol. The van der Waals surface area contributed by atoms with E-state index in [1.165, 1.54) is 0 Å². The fourth-order valence-electron chi connectivity index (χ4n) is 2.24. The molecule has 0 saturated heterocycles. The molecule has 0 bridgehead atoms. The molecule has 0 fully saturated rings. The van der Waals surface area contributed by atoms with Gasteiger partial charge in [0.25, 0.3) is 0 Å². The normalized spacial score (nSPS) is 10.8. The van der Waals surface area contributed by atoms with Crippen LogP contribution in [0.1, 0.15) is 51.0 Å². The van der Waals surface area contributed by atoms with Crippen molar-refractivity contribution in [1.82, 2.24) is 4.90 Å². The SMILES string of the molecule is CC(=O)CCCCCC/C=C/C(=O)N(C)Cc1ccccc1. The van der Waals surface area contributed by atoms with Crippen LogP contribution in [-0.2, 0) is 16.1 Å². The Labute approximate surface area is 134 Å². The molecule has 0 N–H and O–H groups in total. The first-order chi connectivity index (χ1) is 10.6. The van der Waals surface area contributed by atoms with Gasteiger partial charge in [0.2, 0.25) is 5.91 Å². The second kappa shape index (κ2) is 10.8. The van der Waals surface area contributed by atoms with E-state index in [4.69, 9.17) is 0 Å². The fourth-order valence-corrected chi connectivity index (χ4v) is 2.24. The molecule has 3 heteroatoms. The number of hydrogen-bond acceptors (Lipinski definition) is 2. The van der Waals surface area contributed by atoms with Gasteiger partial charge in [-0.25, -0.2) is 0 Å². The molecule has 0 heterocycles. The van der Waals surface area contributed by atoms with Gasteiger partial charge in [0, 0.05) is 20.0 Å². The minimum Gasteiger partial charge on any atom is -0.338 e. The van der Waals surface area contributed by atoms with Crippen LogP contribution in [0.4, 0.5) is 0 Å². The van der Waals surface area contributed by atoms with Gasteiger partial charge in [-0.15, -0.1) is 0 Å². The lowest BCUT2D eigenvalue weighted by molar-refractivity contribution is -0.125. The molecule has 1 aromatic carbocycles. The van der Waals surface area contributed by atoms with Crippen molar-refractivity contribution < 1.29 is 9.59 Å². The summed E-state index contributed by atoms with van der Waals surface area (Å²) >= 11 is 0. The maximum absolute atomic E-state index is 12.0. The number of rotatable bonds is 10. The van der Waals surface area contributed by atoms with E-state index < -0.39 is 0 Å². The van der Waals surface area contributed by atoms with Gasteiger partial charge in [-0.2, -0.15) is 0 Å². The van der Waals surface area contributed by atoms with Gasteiger partial charge in [0.15, 0.2) is 0 Å². The minimum atomic E-state index is 0.0421. The summed E-state index contributed by atoms with van der Waals surface area (Å²) in [4.78, 5) is 24.5. The van der Waals surface area contributed by atoms with Crippen molar-refractivity contribution in [3.8, 4) is 0 Å². The first kappa shape index (κ1) is 18.1. The molecular formula is C19H27NO2. The topological polar surface area (TPSA) is 37.4 Å². The van der Waals surface area contributed by atoms with Crippen LogP contribution < -0.4 is 0 Å². The molecule has 0 aliphatic rings. The molecule has 1 amide bonds. The zero-order valence-electron chi connectivity index (χ0n) is 13.8. The summed E-state index contributed by atoms with van der Waals surface area (Å²) < 4.78 is 0. The Kier molecular flexibility index (Phi) is 8.89. The highest BCUT2D eigenvalue weighted by atomic mass is 16.2. The molecule has 0 aromatic heterocycles. The first-order valence-electron chi connectivity index (χ1n) is 8.04. The highest BCUT2D eigenvalue weighted by molar-refractivity contribution is 5.87. The van der Waals surface area contributed by atoms with Gasteiger partial charge < -0.3 is 9.69 Å². The van der Waals surface area contributed by atoms with Crippen molar-refractivity contribution in [3.05, 3.63) is 48.0 Å². The Bertz CT molecular complexity index is 479. The molecule has 0 aliphatic carbocycles. The fraction of sp³-hybridized carbons (Fsp3) is 0.474. The van der Waals surface area contributed by atoms with Crippen LogP contribution in [0, 0.1) is 0 Å². The van der Waals surface area contributed by atoms with Crippen molar-refractivity contribution in [2.45, 2.75) is 52.0 Å². The quantitative estimate of drug-likeness (QED) is 0.481. The second-order valence-corrected chi connectivity index (χ2v) is 5.74. The molecule has 0 spiro atoms. The number of carbonyl (C=O) groups excluding carboxylic acids is 2. The third kappa shape index (κ3) is 8.40. The summed E-state index contributed by atoms with van der Waals surface area (Å²) in [6.07, 6.45) is 9.50. The smallest absolute Gasteiger partial charge is 0.246 e. The van der Waals surface area contributed by atoms with E-state index in [0.717, 1.165) is 37.7 Å². The summed E-state index contributed by atoms with van der Waals surface area (Å²) in [5.74, 6) is 0.312. The summed E-state index contributed by atoms with van der Waals surface area (Å²) in [5, 5.41) is 0. The molecular weight excluding hydrogens is 274 g/mol. The summed E-state index contributed by atoms with van der Waals surface area (Å²) in [6.45, 7) is 2.27. The van der Waals surface area contributed by atoms with Gasteiger partial charge in [-0.3, -0.25) is 4.79 Å². The first-order valence-corrected chi connectivity index (χ1v) is 8.04. The Morgan fingerprint density at radius 3 is 2.41 bits per heavy atom. The van der Waals surface area contributed by atoms with Crippen LogP contribution in [0.2, 0.25) is 0 Å². The Balaban J connectivity index is 2.14. The van der Waals surface area contributed by atoms with Crippen LogP contribution >= 0.6 is 0 Å². The van der Waals surface area contributed by atoms with Crippen molar-refractivity contribution in [3.63, 3.8) is 0 Å². The number of carbonyl (C=O) groups is 2. The molecule has 0 radical (unpaired) electrons. The number of ketones is 1. The molecule has 0 atom stereocenters. The predicted octanol–water partition coefficient (Wildman–Crippen LogP) is 4.13. The van der Waals surface area contributed by atoms with Crippen LogP contribution in [0.15, 0.2) is 42.5 Å². The predicted molar refractivity (Wildman–Crippen MR) is 90.4 cm³/mol. The van der Waals surface area contributed by atoms with Crippen molar-refractivity contribution in [2.24, 2.45) is 0 Å². The number of benzene rings is 1. The van der Waals surface area contributed by atoms with Crippen molar-refractivity contribution in [1.29, 1.82) is 0 Å². The lowest BCUT2D eigenvalue weighted by Gasteiger charge is -2.14. The Morgan fingerprint density at radius 2 is 1.73 bits per heavy atom. The lowest BCUT2D eigenvalue weighted by Crippen LogP contribution is -2.24. The van der Waals surface area contributed by atoms with Crippen LogP contribution in [0.25, 0.3) is 0 Å². The molecule has 0 unspecified atom stereocenters. The van der Waals surface area contributed by atoms with Crippen LogP contribution in [0.3, 0.4) is 0 Å². The summed E-state index contributed by atoms with van der Waals surface area (Å²) in [7, 11) is 1.82. The van der Waals surface area contributed by atoms with E-state index in [2.05, 4.69) is 0 Å². The zero-order valence-corrected chi connectivity index (χ0v) is 13.8. The number of hydrogen-bond donors (Lipinski definition) is 0. The zero-order chi connectivity index (χ0) is 16.2. The highest BCUT2D eigenvalue weighted by Crippen LogP contribution is 2.07. The molecule has 0 aliphatic heterocycles. The Hall–Kier alpha value is -1.90. The third-order valence-corrected chi connectivity index (χ3v) is 3.55. The van der Waals surface area contributed by atoms with Crippen molar-refractivity contribution in [2.75, 3.05) is 7.05 Å². The van der Waals surface area contributed by atoms with E-state index in [9.17, 15) is 9.59 Å². The third-order valence-electron chi connectivity index (χ3n) is 3.55. The molecule has 120 valence electrons. The average molecular weight is 301 g/mol. The standard InChI is InChI=1S/C19H27NO2/c1-17(21)12-8-5-3-4-6-11-15-19(22)20(2)16-18-13-9-7-10-14-18/h7,9-11,13-15H,3-6,8,12,16H2,1-2H3/b15-11+. The molecule has 22 heavy (non-hydrogen) atoms. The maximum atomic E-state index is 12.0. The van der Waals surface area contributed by atoms with Crippen LogP contribution in [0.5, 0.6) is 0 Å². The molecule has 1 aromatic rings. The lowest BCUT2D eigenvalue weighted by atomic mass is 10.1. The molecule has 3 nitrogen and oxygen atoms in total. The second-order valence-electron chi connectivity index (χ2n) is 5.74. The van der Waals surface area contributed by atoms with Gasteiger partial charge in [-0.05, 0) is 37.8 Å². The molecule has 0 saturated carbocycles. The maximum Gasteiger partial charge on any atom is 0.246 e. The number of amides is 1. The van der Waals surface area contributed by atoms with Crippen molar-refractivity contribution >= 4 is 11.7 Å². The number of likely N-dealkylation sites (N-methyl/N-ethyl adjacent to an activating group) is 1. The van der Waals surface area contributed by atoms with Gasteiger partial charge in [0.1, 0.15) is 5.78 Å². The van der Waals surface area contributed by atoms with Gasteiger partial charge in [0.05, 0.1) is 0 Å². The summed E-state index contributed by atoms with van der Waals surface area (Å²) in [6, 6.07) is 9.98. The van der Waals surface area contributed by atoms with Crippen LogP contribution in [-0.4, -0.2) is 23.6 Å². The van der Waals surface area contributed by atoms with E-state index in [1.54, 1.807) is 17.9 Å². The van der Waals surface area contributed by atoms with E-state index in [0.29, 0.717) is 13.0 Å². The summed E-state index contributed by atoms with van der Waals surface area (Å²) in [5.41, 5.74) is 1.14. The highest BCUT2D eigenvalue weighted by Gasteiger charge is 2.04. The van der Waals surface area contributed by atoms with E-state index in [1.807, 2.05) is 43.5 Å². The van der Waals surface area contributed by atoms with Gasteiger partial charge >= 0.3 is 0 Å². The number of unbranched alkanes of at least 4 members (excludes halogenated alkanes) is 4. The molecule has 1 rings (SSSR count). The number of Topliss-reactive ketones (excluding diaryl/α,β-unsaturated/α-hetero) is 1. The minimum absolute atomic E-state index is 0.0421. The van der Waals surface area contributed by atoms with E-state index in [-0.39, 0.29) is 11.7 Å². The van der Waals surface area contributed by atoms with E-state index >= 15 is 0 Å².